The fourth-order valence-corrected chi connectivity index (χ4v) is 2.21. The summed E-state index contributed by atoms with van der Waals surface area (Å²) in [5.74, 6) is 0. The largest absolute Gasteiger partial charge is 0.307 e. The van der Waals surface area contributed by atoms with E-state index < -0.39 is 0 Å². The molecule has 0 aromatic carbocycles. The number of hydrogen-bond acceptors (Lipinski definition) is 3. The number of nitrogens with one attached hydrogen (secondary N) is 1. The van der Waals surface area contributed by atoms with Crippen molar-refractivity contribution >= 4 is 0 Å². The van der Waals surface area contributed by atoms with Crippen molar-refractivity contribution in [1.82, 2.24) is 20.0 Å². The van der Waals surface area contributed by atoms with Gasteiger partial charge in [0.2, 0.25) is 0 Å². The summed E-state index contributed by atoms with van der Waals surface area (Å²) in [4.78, 5) is 2.29. The Hall–Kier alpha value is -0.870. The van der Waals surface area contributed by atoms with Crippen LogP contribution < -0.4 is 5.32 Å². The first-order valence-electron chi connectivity index (χ1n) is 6.36. The van der Waals surface area contributed by atoms with E-state index in [1.54, 1.807) is 0 Å². The van der Waals surface area contributed by atoms with E-state index in [0.717, 1.165) is 18.7 Å². The van der Waals surface area contributed by atoms with Crippen LogP contribution in [-0.4, -0.2) is 40.9 Å². The normalized spacial score (nSPS) is 17.1. The molecular formula is C13H26N4. The first-order chi connectivity index (χ1) is 7.95. The zero-order valence-corrected chi connectivity index (χ0v) is 12.0. The van der Waals surface area contributed by atoms with Gasteiger partial charge in [-0.1, -0.05) is 13.8 Å². The van der Waals surface area contributed by atoms with E-state index >= 15 is 0 Å². The van der Waals surface area contributed by atoms with E-state index in [4.69, 9.17) is 0 Å². The van der Waals surface area contributed by atoms with Gasteiger partial charge in [-0.3, -0.25) is 4.68 Å². The summed E-state index contributed by atoms with van der Waals surface area (Å²) in [5, 5.41) is 8.12. The van der Waals surface area contributed by atoms with Crippen LogP contribution >= 0.6 is 0 Å². The molecule has 1 aromatic rings. The van der Waals surface area contributed by atoms with Gasteiger partial charge in [0.25, 0.3) is 0 Å². The Morgan fingerprint density at radius 3 is 2.47 bits per heavy atom. The monoisotopic (exact) mass is 238 g/mol. The van der Waals surface area contributed by atoms with Crippen LogP contribution in [0.5, 0.6) is 0 Å². The molecule has 17 heavy (non-hydrogen) atoms. The Balaban J connectivity index is 3.07. The number of rotatable bonds is 6. The predicted octanol–water partition coefficient (Wildman–Crippen LogP) is 1.80. The Morgan fingerprint density at radius 1 is 1.47 bits per heavy atom. The average Bonchev–Trinajstić information content (AvgIpc) is 2.71. The summed E-state index contributed by atoms with van der Waals surface area (Å²) in [5.41, 5.74) is 1.19. The zero-order valence-electron chi connectivity index (χ0n) is 12.0. The third-order valence-electron chi connectivity index (χ3n) is 3.80. The molecule has 0 aliphatic rings. The second kappa shape index (κ2) is 5.65. The van der Waals surface area contributed by atoms with Gasteiger partial charge in [0, 0.05) is 18.8 Å². The fraction of sp³-hybridized carbons (Fsp3) is 0.769. The molecule has 4 heteroatoms. The van der Waals surface area contributed by atoms with E-state index in [9.17, 15) is 0 Å². The third-order valence-corrected chi connectivity index (χ3v) is 3.80. The molecule has 2 unspecified atom stereocenters. The minimum atomic E-state index is 0.0738. The number of aryl methyl sites for hydroxylation is 1. The van der Waals surface area contributed by atoms with E-state index in [1.807, 2.05) is 17.9 Å². The Bertz CT molecular complexity index is 345. The molecule has 2 atom stereocenters. The Labute approximate surface area is 105 Å². The number of likely N-dealkylation sites (N-methyl/N-ethyl adjacent to an activating group) is 2. The highest BCUT2D eigenvalue weighted by molar-refractivity contribution is 5.13. The smallest absolute Gasteiger partial charge is 0.0812 e. The van der Waals surface area contributed by atoms with Crippen molar-refractivity contribution in [1.29, 1.82) is 0 Å². The Morgan fingerprint density at radius 2 is 2.12 bits per heavy atom. The van der Waals surface area contributed by atoms with Gasteiger partial charge in [0.1, 0.15) is 0 Å². The van der Waals surface area contributed by atoms with Crippen LogP contribution in [0.3, 0.4) is 0 Å². The SMILES string of the molecule is CCNC(c1ccn(C)n1)C(C)(CC)N(C)C. The molecule has 0 bridgehead atoms. The lowest BCUT2D eigenvalue weighted by molar-refractivity contribution is 0.111. The first kappa shape index (κ1) is 14.2. The molecule has 0 spiro atoms. The van der Waals surface area contributed by atoms with Crippen LogP contribution in [-0.2, 0) is 7.05 Å². The highest BCUT2D eigenvalue weighted by Crippen LogP contribution is 2.31. The van der Waals surface area contributed by atoms with Crippen LogP contribution in [0.15, 0.2) is 12.3 Å². The van der Waals surface area contributed by atoms with Crippen LogP contribution in [0.4, 0.5) is 0 Å². The molecule has 0 fully saturated rings. The molecule has 0 aliphatic carbocycles. The maximum absolute atomic E-state index is 4.55. The lowest BCUT2D eigenvalue weighted by Gasteiger charge is -2.42. The number of hydrogen-bond donors (Lipinski definition) is 1. The molecule has 0 amide bonds. The first-order valence-corrected chi connectivity index (χ1v) is 6.36. The zero-order chi connectivity index (χ0) is 13.1. The summed E-state index contributed by atoms with van der Waals surface area (Å²) in [6.45, 7) is 7.61. The summed E-state index contributed by atoms with van der Waals surface area (Å²) >= 11 is 0. The molecule has 0 saturated carbocycles. The van der Waals surface area contributed by atoms with Crippen molar-refractivity contribution in [3.63, 3.8) is 0 Å². The molecule has 1 rings (SSSR count). The Kier molecular flexibility index (Phi) is 4.71. The average molecular weight is 238 g/mol. The second-order valence-corrected chi connectivity index (χ2v) is 5.01. The van der Waals surface area contributed by atoms with E-state index in [1.165, 1.54) is 0 Å². The number of nitrogens with zero attached hydrogens (tertiary/aromatic N) is 3. The highest BCUT2D eigenvalue weighted by atomic mass is 15.3. The van der Waals surface area contributed by atoms with Crippen LogP contribution in [0.2, 0.25) is 0 Å². The minimum Gasteiger partial charge on any atom is -0.307 e. The molecule has 98 valence electrons. The molecule has 1 heterocycles. The molecule has 4 nitrogen and oxygen atoms in total. The van der Waals surface area contributed by atoms with Gasteiger partial charge in [-0.2, -0.15) is 5.10 Å². The highest BCUT2D eigenvalue weighted by Gasteiger charge is 2.36. The third kappa shape index (κ3) is 2.87. The quantitative estimate of drug-likeness (QED) is 0.820. The van der Waals surface area contributed by atoms with Crippen molar-refractivity contribution in [2.24, 2.45) is 7.05 Å². The lowest BCUT2D eigenvalue weighted by Crippen LogP contribution is -2.51. The standard InChI is InChI=1S/C13H26N4/c1-7-13(3,16(4)5)12(14-8-2)11-9-10-17(6)15-11/h9-10,12,14H,7-8H2,1-6H3. The van der Waals surface area contributed by atoms with Gasteiger partial charge in [-0.25, -0.2) is 0 Å². The van der Waals surface area contributed by atoms with Gasteiger partial charge in [0.15, 0.2) is 0 Å². The van der Waals surface area contributed by atoms with Crippen LogP contribution in [0.25, 0.3) is 0 Å². The van der Waals surface area contributed by atoms with E-state index in [2.05, 4.69) is 56.2 Å². The molecule has 0 aliphatic heterocycles. The second-order valence-electron chi connectivity index (χ2n) is 5.01. The van der Waals surface area contributed by atoms with Gasteiger partial charge in [-0.05, 0) is 40.1 Å². The summed E-state index contributed by atoms with van der Waals surface area (Å²) in [6.07, 6.45) is 3.08. The maximum atomic E-state index is 4.55. The van der Waals surface area contributed by atoms with Crippen molar-refractivity contribution in [2.75, 3.05) is 20.6 Å². The van der Waals surface area contributed by atoms with Crippen LogP contribution in [0.1, 0.15) is 38.9 Å². The topological polar surface area (TPSA) is 33.1 Å². The van der Waals surface area contributed by atoms with Gasteiger partial charge in [-0.15, -0.1) is 0 Å². The van der Waals surface area contributed by atoms with Gasteiger partial charge in [0.05, 0.1) is 11.7 Å². The molecule has 0 saturated heterocycles. The summed E-state index contributed by atoms with van der Waals surface area (Å²) in [6, 6.07) is 2.36. The number of aromatic nitrogens is 2. The van der Waals surface area contributed by atoms with Crippen molar-refractivity contribution in [3.05, 3.63) is 18.0 Å². The molecule has 1 N–H and O–H groups in total. The summed E-state index contributed by atoms with van der Waals surface area (Å²) < 4.78 is 1.87. The minimum absolute atomic E-state index is 0.0738. The van der Waals surface area contributed by atoms with Crippen LogP contribution in [0, 0.1) is 0 Å². The maximum Gasteiger partial charge on any atom is 0.0812 e. The fourth-order valence-electron chi connectivity index (χ4n) is 2.21. The summed E-state index contributed by atoms with van der Waals surface area (Å²) in [7, 11) is 6.24. The predicted molar refractivity (Wildman–Crippen MR) is 72.0 cm³/mol. The van der Waals surface area contributed by atoms with Crippen molar-refractivity contribution in [2.45, 2.75) is 38.8 Å². The molecule has 0 radical (unpaired) electrons. The van der Waals surface area contributed by atoms with E-state index in [-0.39, 0.29) is 11.6 Å². The van der Waals surface area contributed by atoms with Crippen molar-refractivity contribution < 1.29 is 0 Å². The lowest BCUT2D eigenvalue weighted by atomic mass is 9.86. The van der Waals surface area contributed by atoms with Crippen molar-refractivity contribution in [3.8, 4) is 0 Å². The molecule has 1 aromatic heterocycles. The van der Waals surface area contributed by atoms with Gasteiger partial charge < -0.3 is 10.2 Å². The van der Waals surface area contributed by atoms with Gasteiger partial charge >= 0.3 is 0 Å². The van der Waals surface area contributed by atoms with E-state index in [0.29, 0.717) is 0 Å². The molecular weight excluding hydrogens is 212 g/mol.